The van der Waals surface area contributed by atoms with Crippen molar-refractivity contribution in [3.05, 3.63) is 42.2 Å². The van der Waals surface area contributed by atoms with Crippen molar-refractivity contribution in [3.63, 3.8) is 0 Å². The Morgan fingerprint density at radius 1 is 1.22 bits per heavy atom. The van der Waals surface area contributed by atoms with Crippen LogP contribution in [0.3, 0.4) is 0 Å². The number of amides is 2. The summed E-state index contributed by atoms with van der Waals surface area (Å²) in [5.74, 6) is -0.807. The van der Waals surface area contributed by atoms with Crippen LogP contribution in [-0.2, 0) is 4.79 Å². The molecule has 1 aliphatic rings. The number of primary amides is 1. The van der Waals surface area contributed by atoms with E-state index in [1.165, 1.54) is 15.9 Å². The summed E-state index contributed by atoms with van der Waals surface area (Å²) in [7, 11) is 0. The molecule has 1 aromatic carbocycles. The Morgan fingerprint density at radius 2 is 1.91 bits per heavy atom. The molecular weight excluding hydrogens is 294 g/mol. The first-order valence-corrected chi connectivity index (χ1v) is 7.72. The molecule has 2 amide bonds. The molecule has 0 saturated heterocycles. The zero-order chi connectivity index (χ0) is 16.2. The fourth-order valence-electron chi connectivity index (χ4n) is 2.94. The normalized spacial score (nSPS) is 14.8. The molecule has 2 N–H and O–H groups in total. The maximum atomic E-state index is 12.7. The van der Waals surface area contributed by atoms with Crippen molar-refractivity contribution < 1.29 is 9.59 Å². The van der Waals surface area contributed by atoms with Gasteiger partial charge >= 0.3 is 0 Å². The van der Waals surface area contributed by atoms with Gasteiger partial charge in [-0.25, -0.2) is 0 Å². The van der Waals surface area contributed by atoms with Crippen molar-refractivity contribution in [1.82, 2.24) is 19.9 Å². The largest absolute Gasteiger partial charge is 0.368 e. The number of carbonyl (C=O) groups is 2. The Balaban J connectivity index is 1.82. The number of nitrogens with zero attached hydrogens (tertiary/aromatic N) is 4. The van der Waals surface area contributed by atoms with Crippen LogP contribution in [0.5, 0.6) is 0 Å². The molecule has 1 fully saturated rings. The van der Waals surface area contributed by atoms with Crippen molar-refractivity contribution in [2.24, 2.45) is 5.73 Å². The average Bonchev–Trinajstić information content (AvgIpc) is 3.24. The molecule has 0 aliphatic heterocycles. The van der Waals surface area contributed by atoms with Gasteiger partial charge < -0.3 is 10.6 Å². The molecule has 1 heterocycles. The first kappa shape index (κ1) is 15.2. The predicted molar refractivity (Wildman–Crippen MR) is 83.8 cm³/mol. The third-order valence-corrected chi connectivity index (χ3v) is 4.05. The third kappa shape index (κ3) is 3.39. The Kier molecular flexibility index (Phi) is 4.36. The Bertz CT molecular complexity index is 692. The van der Waals surface area contributed by atoms with Crippen LogP contribution in [0.15, 0.2) is 36.5 Å². The van der Waals surface area contributed by atoms with Gasteiger partial charge in [0.25, 0.3) is 5.91 Å². The molecule has 1 aromatic heterocycles. The number of aromatic nitrogens is 3. The molecule has 1 saturated carbocycles. The predicted octanol–water partition coefficient (Wildman–Crippen LogP) is 1.14. The van der Waals surface area contributed by atoms with Gasteiger partial charge in [-0.3, -0.25) is 9.59 Å². The third-order valence-electron chi connectivity index (χ3n) is 4.05. The lowest BCUT2D eigenvalue weighted by Gasteiger charge is -2.26. The summed E-state index contributed by atoms with van der Waals surface area (Å²) in [6.07, 6.45) is 5.34. The van der Waals surface area contributed by atoms with Crippen LogP contribution in [-0.4, -0.2) is 44.3 Å². The van der Waals surface area contributed by atoms with E-state index in [0.29, 0.717) is 0 Å². The number of rotatable bonds is 5. The van der Waals surface area contributed by atoms with Crippen molar-refractivity contribution in [2.45, 2.75) is 31.7 Å². The minimum absolute atomic E-state index is 0.0527. The lowest BCUT2D eigenvalue weighted by molar-refractivity contribution is -0.119. The summed E-state index contributed by atoms with van der Waals surface area (Å²) in [4.78, 5) is 27.0. The standard InChI is InChI=1S/C16H19N5O2/c17-15(22)11-20(12-6-4-5-7-12)16(23)14-10-18-21(19-14)13-8-2-1-3-9-13/h1-3,8-10,12H,4-7,11H2,(H2,17,22). The maximum Gasteiger partial charge on any atom is 0.276 e. The molecule has 23 heavy (non-hydrogen) atoms. The van der Waals surface area contributed by atoms with Crippen molar-refractivity contribution in [3.8, 4) is 5.69 Å². The fourth-order valence-corrected chi connectivity index (χ4v) is 2.94. The molecule has 0 radical (unpaired) electrons. The van der Waals surface area contributed by atoms with E-state index in [0.717, 1.165) is 31.4 Å². The number of benzene rings is 1. The van der Waals surface area contributed by atoms with Gasteiger partial charge in [0.05, 0.1) is 18.4 Å². The van der Waals surface area contributed by atoms with E-state index in [1.807, 2.05) is 30.3 Å². The number of hydrogen-bond donors (Lipinski definition) is 1. The summed E-state index contributed by atoms with van der Waals surface area (Å²) < 4.78 is 0. The highest BCUT2D eigenvalue weighted by atomic mass is 16.2. The van der Waals surface area contributed by atoms with Gasteiger partial charge in [-0.2, -0.15) is 9.90 Å². The van der Waals surface area contributed by atoms with E-state index in [9.17, 15) is 9.59 Å². The summed E-state index contributed by atoms with van der Waals surface area (Å²) in [6, 6.07) is 9.40. The van der Waals surface area contributed by atoms with Crippen molar-refractivity contribution >= 4 is 11.8 Å². The summed E-state index contributed by atoms with van der Waals surface area (Å²) >= 11 is 0. The van der Waals surface area contributed by atoms with Gasteiger partial charge in [-0.15, -0.1) is 5.10 Å². The van der Waals surface area contributed by atoms with Gasteiger partial charge in [-0.05, 0) is 25.0 Å². The second-order valence-electron chi connectivity index (χ2n) is 5.69. The molecule has 120 valence electrons. The highest BCUT2D eigenvalue weighted by molar-refractivity contribution is 5.94. The number of hydrogen-bond acceptors (Lipinski definition) is 4. The number of para-hydroxylation sites is 1. The quantitative estimate of drug-likeness (QED) is 0.895. The Labute approximate surface area is 134 Å². The monoisotopic (exact) mass is 313 g/mol. The molecule has 1 aliphatic carbocycles. The second kappa shape index (κ2) is 6.60. The minimum atomic E-state index is -0.513. The molecule has 7 nitrogen and oxygen atoms in total. The second-order valence-corrected chi connectivity index (χ2v) is 5.69. The smallest absolute Gasteiger partial charge is 0.276 e. The van der Waals surface area contributed by atoms with Crippen LogP contribution in [0.1, 0.15) is 36.2 Å². The number of carbonyl (C=O) groups excluding carboxylic acids is 2. The highest BCUT2D eigenvalue weighted by Crippen LogP contribution is 2.24. The van der Waals surface area contributed by atoms with Gasteiger partial charge in [0.15, 0.2) is 5.69 Å². The Hall–Kier alpha value is -2.70. The van der Waals surface area contributed by atoms with Crippen molar-refractivity contribution in [2.75, 3.05) is 6.54 Å². The van der Waals surface area contributed by atoms with Crippen LogP contribution in [0, 0.1) is 0 Å². The fraction of sp³-hybridized carbons (Fsp3) is 0.375. The summed E-state index contributed by atoms with van der Waals surface area (Å²) in [5, 5.41) is 8.38. The van der Waals surface area contributed by atoms with Gasteiger partial charge in [0.2, 0.25) is 5.91 Å². The van der Waals surface area contributed by atoms with Crippen molar-refractivity contribution in [1.29, 1.82) is 0 Å². The summed E-state index contributed by atoms with van der Waals surface area (Å²) in [5.41, 5.74) is 6.30. The van der Waals surface area contributed by atoms with E-state index in [4.69, 9.17) is 5.73 Å². The lowest BCUT2D eigenvalue weighted by atomic mass is 10.2. The van der Waals surface area contributed by atoms with Crippen LogP contribution in [0.2, 0.25) is 0 Å². The molecular formula is C16H19N5O2. The average molecular weight is 313 g/mol. The van der Waals surface area contributed by atoms with Crippen LogP contribution < -0.4 is 5.73 Å². The first-order chi connectivity index (χ1) is 11.1. The van der Waals surface area contributed by atoms with Gasteiger partial charge in [0, 0.05) is 6.04 Å². The topological polar surface area (TPSA) is 94.1 Å². The van der Waals surface area contributed by atoms with E-state index in [1.54, 1.807) is 0 Å². The van der Waals surface area contributed by atoms with Crippen LogP contribution in [0.25, 0.3) is 5.69 Å². The van der Waals surface area contributed by atoms with E-state index < -0.39 is 5.91 Å². The SMILES string of the molecule is NC(=O)CN(C(=O)c1cnn(-c2ccccc2)n1)C1CCCC1. The van der Waals surface area contributed by atoms with Crippen LogP contribution in [0.4, 0.5) is 0 Å². The molecule has 2 aromatic rings. The van der Waals surface area contributed by atoms with Gasteiger partial charge in [0.1, 0.15) is 0 Å². The maximum absolute atomic E-state index is 12.7. The number of nitrogens with two attached hydrogens (primary N) is 1. The zero-order valence-electron chi connectivity index (χ0n) is 12.8. The van der Waals surface area contributed by atoms with E-state index in [2.05, 4.69) is 10.2 Å². The van der Waals surface area contributed by atoms with E-state index in [-0.39, 0.29) is 24.2 Å². The first-order valence-electron chi connectivity index (χ1n) is 7.72. The summed E-state index contributed by atoms with van der Waals surface area (Å²) in [6.45, 7) is -0.0816. The van der Waals surface area contributed by atoms with E-state index >= 15 is 0 Å². The molecule has 0 bridgehead atoms. The Morgan fingerprint density at radius 3 is 2.57 bits per heavy atom. The molecule has 0 atom stereocenters. The molecule has 3 rings (SSSR count). The highest BCUT2D eigenvalue weighted by Gasteiger charge is 2.30. The van der Waals surface area contributed by atoms with Crippen LogP contribution >= 0.6 is 0 Å². The van der Waals surface area contributed by atoms with Gasteiger partial charge in [-0.1, -0.05) is 31.0 Å². The molecule has 7 heteroatoms. The molecule has 0 unspecified atom stereocenters. The lowest BCUT2D eigenvalue weighted by Crippen LogP contribution is -2.44. The zero-order valence-corrected chi connectivity index (χ0v) is 12.8. The molecule has 0 spiro atoms. The minimum Gasteiger partial charge on any atom is -0.368 e.